The van der Waals surface area contributed by atoms with Gasteiger partial charge in [-0.2, -0.15) is 0 Å². The lowest BCUT2D eigenvalue weighted by molar-refractivity contribution is -0.137. The molecule has 0 radical (unpaired) electrons. The third kappa shape index (κ3) is 14.2. The van der Waals surface area contributed by atoms with E-state index in [0.717, 1.165) is 38.5 Å². The van der Waals surface area contributed by atoms with Crippen LogP contribution in [0.2, 0.25) is 0 Å². The maximum Gasteiger partial charge on any atom is 0.316 e. The second kappa shape index (κ2) is 18.5. The number of rotatable bonds is 20. The normalized spacial score (nSPS) is 19.4. The summed E-state index contributed by atoms with van der Waals surface area (Å²) < 4.78 is 15.8. The molecule has 1 unspecified atom stereocenters. The molecule has 0 aromatic rings. The molecule has 1 saturated heterocycles. The Balaban J connectivity index is 1.91. The predicted molar refractivity (Wildman–Crippen MR) is 125 cm³/mol. The van der Waals surface area contributed by atoms with Crippen LogP contribution < -0.4 is 0 Å². The molecular weight excluding hydrogens is 433 g/mol. The van der Waals surface area contributed by atoms with Gasteiger partial charge in [-0.1, -0.05) is 77.0 Å². The first kappa shape index (κ1) is 29.1. The van der Waals surface area contributed by atoms with Gasteiger partial charge < -0.3 is 24.5 Å². The van der Waals surface area contributed by atoms with Crippen molar-refractivity contribution in [2.75, 3.05) is 13.2 Å². The fourth-order valence-electron chi connectivity index (χ4n) is 4.40. The van der Waals surface area contributed by atoms with Crippen LogP contribution in [0, 0.1) is 0 Å². The van der Waals surface area contributed by atoms with Gasteiger partial charge >= 0.3 is 14.2 Å². The van der Waals surface area contributed by atoms with Gasteiger partial charge in [0.1, 0.15) is 0 Å². The highest BCUT2D eigenvalue weighted by Gasteiger charge is 2.35. The summed E-state index contributed by atoms with van der Waals surface area (Å²) in [6, 6.07) is -0.314. The minimum atomic E-state index is -3.03. The summed E-state index contributed by atoms with van der Waals surface area (Å²) in [5.74, 6) is -0.698. The van der Waals surface area contributed by atoms with E-state index in [4.69, 9.17) is 14.5 Å². The van der Waals surface area contributed by atoms with Crippen LogP contribution in [-0.2, 0) is 18.7 Å². The number of carboxylic acids is 1. The molecule has 1 rings (SSSR count). The van der Waals surface area contributed by atoms with Crippen molar-refractivity contribution in [2.45, 2.75) is 121 Å². The first-order valence-corrected chi connectivity index (χ1v) is 13.7. The number of aliphatic carboxylic acids is 1. The van der Waals surface area contributed by atoms with Gasteiger partial charge in [0.2, 0.25) is 5.91 Å². The van der Waals surface area contributed by atoms with Gasteiger partial charge in [-0.3, -0.25) is 14.2 Å². The highest BCUT2D eigenvalue weighted by atomic mass is 31.1. The summed E-state index contributed by atoms with van der Waals surface area (Å²) in [5, 5.41) is 18.0. The molecule has 1 aliphatic rings. The summed E-state index contributed by atoms with van der Waals surface area (Å²) >= 11 is 0. The number of hydrogen-bond donors (Lipinski definition) is 3. The van der Waals surface area contributed by atoms with Crippen LogP contribution in [0.15, 0.2) is 0 Å². The quantitative estimate of drug-likeness (QED) is 0.172. The van der Waals surface area contributed by atoms with Gasteiger partial charge in [0.15, 0.2) is 0 Å². The Labute approximate surface area is 193 Å². The smallest absolute Gasteiger partial charge is 0.316 e. The largest absolute Gasteiger partial charge is 0.481 e. The number of carbonyl (C=O) groups is 2. The monoisotopic (exact) mass is 477 g/mol. The van der Waals surface area contributed by atoms with E-state index in [1.807, 2.05) is 0 Å². The van der Waals surface area contributed by atoms with Crippen molar-refractivity contribution in [3.8, 4) is 0 Å². The molecule has 0 aromatic heterocycles. The van der Waals surface area contributed by atoms with Crippen LogP contribution in [0.5, 0.6) is 0 Å². The zero-order valence-corrected chi connectivity index (χ0v) is 20.5. The van der Waals surface area contributed by atoms with E-state index in [1.165, 1.54) is 51.4 Å². The molecule has 0 aromatic carbocycles. The van der Waals surface area contributed by atoms with Crippen molar-refractivity contribution in [3.05, 3.63) is 0 Å². The summed E-state index contributed by atoms with van der Waals surface area (Å²) in [6.45, 7) is 0.135. The Morgan fingerprint density at radius 2 is 1.25 bits per heavy atom. The number of likely N-dealkylation sites (tertiary alicyclic amines) is 1. The first-order chi connectivity index (χ1) is 15.4. The van der Waals surface area contributed by atoms with Crippen molar-refractivity contribution in [2.24, 2.45) is 0 Å². The second-order valence-corrected chi connectivity index (χ2v) is 9.73. The number of hydrogen-bond acceptors (Lipinski definition) is 5. The fraction of sp³-hybridized carbons (Fsp3) is 0.913. The molecule has 3 atom stereocenters. The predicted octanol–water partition coefficient (Wildman–Crippen LogP) is 4.67. The lowest BCUT2D eigenvalue weighted by atomic mass is 10.0. The van der Waals surface area contributed by atoms with Crippen molar-refractivity contribution >= 4 is 20.1 Å². The highest BCUT2D eigenvalue weighted by Crippen LogP contribution is 2.28. The molecule has 1 amide bonds. The van der Waals surface area contributed by atoms with Crippen LogP contribution in [0.1, 0.15) is 109 Å². The van der Waals surface area contributed by atoms with Crippen molar-refractivity contribution < 1.29 is 33.8 Å². The molecule has 9 heteroatoms. The second-order valence-electron chi connectivity index (χ2n) is 8.97. The zero-order valence-electron chi connectivity index (χ0n) is 19.5. The molecule has 0 bridgehead atoms. The SMILES string of the molecule is O=C(O)CCCCCCCCCCCCCCCCC(=O)N1C[C@H](O[PH](=O)O)C[C@H]1CO. The summed E-state index contributed by atoms with van der Waals surface area (Å²) in [7, 11) is -3.03. The average Bonchev–Trinajstić information content (AvgIpc) is 3.15. The van der Waals surface area contributed by atoms with Crippen LogP contribution >= 0.6 is 8.25 Å². The van der Waals surface area contributed by atoms with Crippen LogP contribution in [0.4, 0.5) is 0 Å². The standard InChI is InChI=1S/C23H44NO7P/c25-19-20-17-21(31-32(29)30)18-24(20)22(26)15-13-11-9-7-5-3-1-2-4-6-8-10-12-14-16-23(27)28/h20-21,25,32H,1-19H2,(H,27,28)(H,29,30)/t20-,21+/m0/s1. The van der Waals surface area contributed by atoms with Gasteiger partial charge in [0.25, 0.3) is 0 Å². The number of unbranched alkanes of at least 4 members (excludes halogenated alkanes) is 13. The van der Waals surface area contributed by atoms with Crippen molar-refractivity contribution in [3.63, 3.8) is 0 Å². The molecule has 188 valence electrons. The zero-order chi connectivity index (χ0) is 23.6. The Morgan fingerprint density at radius 1 is 0.812 bits per heavy atom. The molecule has 3 N–H and O–H groups in total. The minimum absolute atomic E-state index is 0.00496. The topological polar surface area (TPSA) is 124 Å². The molecule has 8 nitrogen and oxygen atoms in total. The molecule has 0 saturated carbocycles. The van der Waals surface area contributed by atoms with Gasteiger partial charge in [-0.15, -0.1) is 0 Å². The van der Waals surface area contributed by atoms with Gasteiger partial charge in [-0.25, -0.2) is 0 Å². The van der Waals surface area contributed by atoms with E-state index in [0.29, 0.717) is 19.3 Å². The van der Waals surface area contributed by atoms with Crippen molar-refractivity contribution in [1.29, 1.82) is 0 Å². The van der Waals surface area contributed by atoms with E-state index < -0.39 is 20.3 Å². The number of carboxylic acid groups (broad SMARTS) is 1. The Morgan fingerprint density at radius 3 is 1.66 bits per heavy atom. The summed E-state index contributed by atoms with van der Waals surface area (Å²) in [4.78, 5) is 33.3. The Hall–Kier alpha value is -0.950. The average molecular weight is 478 g/mol. The Bertz CT molecular complexity index is 546. The van der Waals surface area contributed by atoms with Crippen LogP contribution in [0.3, 0.4) is 0 Å². The summed E-state index contributed by atoms with van der Waals surface area (Å²) in [6.07, 6.45) is 16.6. The molecule has 32 heavy (non-hydrogen) atoms. The fourth-order valence-corrected chi connectivity index (χ4v) is 4.85. The number of carbonyl (C=O) groups excluding carboxylic acids is 1. The molecule has 1 heterocycles. The van der Waals surface area contributed by atoms with Gasteiger partial charge in [0, 0.05) is 19.4 Å². The number of amides is 1. The highest BCUT2D eigenvalue weighted by molar-refractivity contribution is 7.32. The van der Waals surface area contributed by atoms with E-state index in [1.54, 1.807) is 4.90 Å². The van der Waals surface area contributed by atoms with Crippen LogP contribution in [-0.4, -0.2) is 57.2 Å². The molecule has 1 aliphatic heterocycles. The molecule has 0 spiro atoms. The van der Waals surface area contributed by atoms with Gasteiger partial charge in [0.05, 0.1) is 18.8 Å². The number of aliphatic hydroxyl groups excluding tert-OH is 1. The maximum absolute atomic E-state index is 12.4. The lowest BCUT2D eigenvalue weighted by Crippen LogP contribution is -2.37. The van der Waals surface area contributed by atoms with E-state index in [9.17, 15) is 19.3 Å². The number of nitrogens with zero attached hydrogens (tertiary/aromatic N) is 1. The van der Waals surface area contributed by atoms with Crippen LogP contribution in [0.25, 0.3) is 0 Å². The lowest BCUT2D eigenvalue weighted by Gasteiger charge is -2.22. The maximum atomic E-state index is 12.4. The number of aliphatic hydroxyl groups is 1. The van der Waals surface area contributed by atoms with E-state index >= 15 is 0 Å². The molecule has 1 fully saturated rings. The minimum Gasteiger partial charge on any atom is -0.481 e. The Kier molecular flexibility index (Phi) is 16.8. The van der Waals surface area contributed by atoms with Gasteiger partial charge in [-0.05, 0) is 19.3 Å². The van der Waals surface area contributed by atoms with E-state index in [-0.39, 0.29) is 25.1 Å². The first-order valence-electron chi connectivity index (χ1n) is 12.5. The summed E-state index contributed by atoms with van der Waals surface area (Å²) in [5.41, 5.74) is 0. The molecule has 0 aliphatic carbocycles. The van der Waals surface area contributed by atoms with E-state index in [2.05, 4.69) is 0 Å². The third-order valence-corrected chi connectivity index (χ3v) is 6.74. The van der Waals surface area contributed by atoms with Crippen molar-refractivity contribution in [1.82, 2.24) is 4.90 Å². The third-order valence-electron chi connectivity index (χ3n) is 6.21. The molecular formula is C23H44NO7P.